The maximum Gasteiger partial charge on any atom is 0.310 e. The molecule has 1 saturated heterocycles. The molecule has 11 heteroatoms. The molecule has 2 aromatic heterocycles. The first-order valence-corrected chi connectivity index (χ1v) is 14.2. The van der Waals surface area contributed by atoms with E-state index in [0.29, 0.717) is 43.4 Å². The summed E-state index contributed by atoms with van der Waals surface area (Å²) in [5.74, 6) is 0.526. The largest absolute Gasteiger partial charge is 0.469 e. The Labute approximate surface area is 243 Å². The van der Waals surface area contributed by atoms with Crippen LogP contribution in [-0.2, 0) is 21.4 Å². The number of amides is 1. The van der Waals surface area contributed by atoms with Crippen LogP contribution in [0, 0.1) is 5.82 Å². The van der Waals surface area contributed by atoms with Crippen molar-refractivity contribution in [1.82, 2.24) is 19.9 Å². The Balaban J connectivity index is 1.21. The zero-order valence-electron chi connectivity index (χ0n) is 23.4. The molecule has 0 atom stereocenters. The maximum absolute atomic E-state index is 14.3. The van der Waals surface area contributed by atoms with Crippen LogP contribution >= 0.6 is 11.6 Å². The molecule has 2 aliphatic heterocycles. The molecule has 0 bridgehead atoms. The fourth-order valence-electron chi connectivity index (χ4n) is 6.17. The van der Waals surface area contributed by atoms with Crippen LogP contribution in [0.1, 0.15) is 54.9 Å². The number of fused-ring (bicyclic) bond motifs is 2. The first-order valence-electron chi connectivity index (χ1n) is 13.8. The number of rotatable bonds is 5. The van der Waals surface area contributed by atoms with E-state index in [0.717, 1.165) is 36.3 Å². The number of pyridine rings is 1. The van der Waals surface area contributed by atoms with E-state index in [4.69, 9.17) is 26.3 Å². The minimum atomic E-state index is -0.497. The molecule has 0 radical (unpaired) electrons. The average Bonchev–Trinajstić information content (AvgIpc) is 3.29. The smallest absolute Gasteiger partial charge is 0.310 e. The number of hydrogen-bond donors (Lipinski definition) is 0. The molecule has 1 saturated carbocycles. The van der Waals surface area contributed by atoms with Gasteiger partial charge in [0.05, 0.1) is 36.0 Å². The van der Waals surface area contributed by atoms with Crippen molar-refractivity contribution in [1.29, 1.82) is 0 Å². The second-order valence-electron chi connectivity index (χ2n) is 11.7. The second-order valence-corrected chi connectivity index (χ2v) is 12.1. The third-order valence-electron chi connectivity index (χ3n) is 8.57. The molecule has 1 spiro atoms. The van der Waals surface area contributed by atoms with Gasteiger partial charge in [-0.1, -0.05) is 24.1 Å². The number of halogens is 2. The Morgan fingerprint density at radius 1 is 1.07 bits per heavy atom. The van der Waals surface area contributed by atoms with Gasteiger partial charge in [-0.25, -0.2) is 19.3 Å². The normalized spacial score (nSPS) is 18.7. The van der Waals surface area contributed by atoms with Crippen LogP contribution < -0.4 is 9.80 Å². The summed E-state index contributed by atoms with van der Waals surface area (Å²) in [6, 6.07) is 8.54. The van der Waals surface area contributed by atoms with E-state index in [9.17, 15) is 14.0 Å². The highest BCUT2D eigenvalue weighted by atomic mass is 35.5. The van der Waals surface area contributed by atoms with E-state index in [1.807, 2.05) is 35.8 Å². The average molecular weight is 579 g/mol. The lowest BCUT2D eigenvalue weighted by atomic mass is 9.68. The topological polar surface area (TPSA) is 91.8 Å². The Morgan fingerprint density at radius 2 is 1.88 bits per heavy atom. The van der Waals surface area contributed by atoms with Crippen molar-refractivity contribution in [2.24, 2.45) is 0 Å². The van der Waals surface area contributed by atoms with Crippen LogP contribution in [0.25, 0.3) is 0 Å². The first kappa shape index (κ1) is 27.4. The minimum absolute atomic E-state index is 0.0765. The van der Waals surface area contributed by atoms with E-state index in [1.165, 1.54) is 13.2 Å². The van der Waals surface area contributed by atoms with Gasteiger partial charge in [0, 0.05) is 43.5 Å². The van der Waals surface area contributed by atoms with Crippen molar-refractivity contribution in [3.8, 4) is 0 Å². The molecule has 2 fully saturated rings. The fourth-order valence-corrected chi connectivity index (χ4v) is 6.29. The van der Waals surface area contributed by atoms with Gasteiger partial charge in [0.25, 0.3) is 5.91 Å². The predicted molar refractivity (Wildman–Crippen MR) is 153 cm³/mol. The summed E-state index contributed by atoms with van der Waals surface area (Å²) in [5.41, 5.74) is 1.92. The van der Waals surface area contributed by atoms with Crippen molar-refractivity contribution in [2.75, 3.05) is 43.1 Å². The molecule has 3 aliphatic rings. The van der Waals surface area contributed by atoms with Crippen molar-refractivity contribution in [3.05, 3.63) is 70.5 Å². The molecule has 3 aromatic rings. The predicted octanol–water partition coefficient (Wildman–Crippen LogP) is 4.69. The monoisotopic (exact) mass is 578 g/mol. The third kappa shape index (κ3) is 4.88. The molecule has 41 heavy (non-hydrogen) atoms. The third-order valence-corrected chi connectivity index (χ3v) is 8.88. The van der Waals surface area contributed by atoms with E-state index in [1.54, 1.807) is 24.5 Å². The summed E-state index contributed by atoms with van der Waals surface area (Å²) in [6.07, 6.45) is 6.39. The molecule has 9 nitrogen and oxygen atoms in total. The number of carbonyl (C=O) groups excluding carboxylic acids is 2. The van der Waals surface area contributed by atoms with Gasteiger partial charge in [0.15, 0.2) is 5.82 Å². The molecule has 4 heterocycles. The molecule has 1 aromatic carbocycles. The van der Waals surface area contributed by atoms with Crippen LogP contribution in [0.5, 0.6) is 0 Å². The molecule has 1 aliphatic carbocycles. The number of methoxy groups -OCH3 is 1. The maximum atomic E-state index is 14.3. The Bertz CT molecular complexity index is 1510. The van der Waals surface area contributed by atoms with Gasteiger partial charge >= 0.3 is 5.97 Å². The Kier molecular flexibility index (Phi) is 6.84. The van der Waals surface area contributed by atoms with Crippen molar-refractivity contribution in [3.63, 3.8) is 0 Å². The van der Waals surface area contributed by atoms with Crippen LogP contribution in [-0.4, -0.2) is 70.6 Å². The van der Waals surface area contributed by atoms with Gasteiger partial charge in [-0.15, -0.1) is 0 Å². The quantitative estimate of drug-likeness (QED) is 0.403. The van der Waals surface area contributed by atoms with Crippen molar-refractivity contribution in [2.45, 2.75) is 50.5 Å². The number of nitrogens with zero attached hydrogens (tertiary/aromatic N) is 6. The Hall–Kier alpha value is -3.79. The number of piperazine rings is 1. The van der Waals surface area contributed by atoms with E-state index >= 15 is 0 Å². The first-order chi connectivity index (χ1) is 19.6. The van der Waals surface area contributed by atoms with Gasteiger partial charge in [-0.3, -0.25) is 9.59 Å². The highest BCUT2D eigenvalue weighted by molar-refractivity contribution is 6.30. The fraction of sp³-hybridized carbons (Fsp3) is 0.433. The number of esters is 1. The lowest BCUT2D eigenvalue weighted by Gasteiger charge is -2.47. The van der Waals surface area contributed by atoms with Gasteiger partial charge in [0.1, 0.15) is 17.3 Å². The molecular formula is C30H32ClFN6O3. The lowest BCUT2D eigenvalue weighted by molar-refractivity contribution is -0.139. The number of anilines is 3. The lowest BCUT2D eigenvalue weighted by Crippen LogP contribution is -2.61. The molecule has 1 amide bonds. The highest BCUT2D eigenvalue weighted by Crippen LogP contribution is 2.53. The van der Waals surface area contributed by atoms with Crippen LogP contribution in [0.3, 0.4) is 0 Å². The van der Waals surface area contributed by atoms with Gasteiger partial charge in [0.2, 0.25) is 0 Å². The Morgan fingerprint density at radius 3 is 2.51 bits per heavy atom. The molecule has 0 unspecified atom stereocenters. The number of benzene rings is 1. The number of carbonyl (C=O) groups is 2. The number of ether oxygens (including phenoxy) is 1. The van der Waals surface area contributed by atoms with Crippen LogP contribution in [0.4, 0.5) is 21.7 Å². The van der Waals surface area contributed by atoms with Crippen LogP contribution in [0.2, 0.25) is 5.02 Å². The van der Waals surface area contributed by atoms with E-state index < -0.39 is 11.4 Å². The van der Waals surface area contributed by atoms with Crippen molar-refractivity contribution < 1.29 is 18.7 Å². The molecular weight excluding hydrogens is 547 g/mol. The minimum Gasteiger partial charge on any atom is -0.469 e. The summed E-state index contributed by atoms with van der Waals surface area (Å²) in [6.45, 7) is 6.41. The zero-order valence-corrected chi connectivity index (χ0v) is 24.1. The standard InChI is InChI=1S/C30H32ClFN6O3/c1-29(2)17-36(24-8-5-19(15-33-24)13-25(39)41-3)11-12-38(29)28(40)23-16-34-27-26(35-23)30(9-4-10-30)18-37(27)20-6-7-21(31)22(32)14-20/h5-8,14-16H,4,9-13,17-18H2,1-3H3. The molecule has 214 valence electrons. The number of aromatic nitrogens is 3. The van der Waals surface area contributed by atoms with Gasteiger partial charge in [-0.05, 0) is 56.5 Å². The van der Waals surface area contributed by atoms with E-state index in [-0.39, 0.29) is 28.7 Å². The summed E-state index contributed by atoms with van der Waals surface area (Å²) < 4.78 is 19.0. The summed E-state index contributed by atoms with van der Waals surface area (Å²) >= 11 is 5.92. The van der Waals surface area contributed by atoms with Gasteiger partial charge < -0.3 is 19.4 Å². The summed E-state index contributed by atoms with van der Waals surface area (Å²) in [7, 11) is 1.37. The van der Waals surface area contributed by atoms with Crippen molar-refractivity contribution >= 4 is 40.8 Å². The number of hydrogen-bond acceptors (Lipinski definition) is 8. The SMILES string of the molecule is COC(=O)Cc1ccc(N2CCN(C(=O)c3cnc4c(n3)C3(CCC3)CN4c3ccc(Cl)c(F)c3)C(C)(C)C2)nc1. The van der Waals surface area contributed by atoms with Gasteiger partial charge in [-0.2, -0.15) is 0 Å². The molecule has 6 rings (SSSR count). The summed E-state index contributed by atoms with van der Waals surface area (Å²) in [4.78, 5) is 45.6. The zero-order chi connectivity index (χ0) is 28.9. The van der Waals surface area contributed by atoms with E-state index in [2.05, 4.69) is 9.88 Å². The highest BCUT2D eigenvalue weighted by Gasteiger charge is 2.50. The van der Waals surface area contributed by atoms with Crippen LogP contribution in [0.15, 0.2) is 42.7 Å². The molecule has 0 N–H and O–H groups in total. The second kappa shape index (κ2) is 10.2. The summed E-state index contributed by atoms with van der Waals surface area (Å²) in [5, 5.41) is 0.0765.